The molecule has 1 N–H and O–H groups in total. The molecule has 0 radical (unpaired) electrons. The first-order chi connectivity index (χ1) is 10.7. The standard InChI is InChI=1S/C17H16N2O3/c20-16(19-10-8-13-6-3-4-9-18-13)15-11-12-5-1-2-7-14(12)17(21)22-15/h1-7,9,15H,8,10-11H2,(H,19,20). The number of hydrogen-bond donors (Lipinski definition) is 1. The lowest BCUT2D eigenvalue weighted by Crippen LogP contribution is -2.42. The molecule has 1 unspecified atom stereocenters. The van der Waals surface area contributed by atoms with Crippen LogP contribution in [0.5, 0.6) is 0 Å². The highest BCUT2D eigenvalue weighted by Gasteiger charge is 2.30. The van der Waals surface area contributed by atoms with E-state index in [9.17, 15) is 9.59 Å². The third-order valence-corrected chi connectivity index (χ3v) is 3.59. The molecule has 0 saturated carbocycles. The highest BCUT2D eigenvalue weighted by atomic mass is 16.5. The van der Waals surface area contributed by atoms with E-state index in [1.165, 1.54) is 0 Å². The van der Waals surface area contributed by atoms with Gasteiger partial charge in [-0.2, -0.15) is 0 Å². The van der Waals surface area contributed by atoms with Crippen LogP contribution < -0.4 is 5.32 Å². The van der Waals surface area contributed by atoms with Crippen LogP contribution in [0.15, 0.2) is 48.7 Å². The minimum atomic E-state index is -0.758. The van der Waals surface area contributed by atoms with E-state index in [0.29, 0.717) is 24.9 Å². The molecule has 22 heavy (non-hydrogen) atoms. The van der Waals surface area contributed by atoms with Crippen molar-refractivity contribution in [1.82, 2.24) is 10.3 Å². The van der Waals surface area contributed by atoms with E-state index in [1.807, 2.05) is 30.3 Å². The molecule has 112 valence electrons. The zero-order valence-corrected chi connectivity index (χ0v) is 12.0. The van der Waals surface area contributed by atoms with Crippen molar-refractivity contribution >= 4 is 11.9 Å². The molecule has 3 rings (SSSR count). The van der Waals surface area contributed by atoms with Crippen molar-refractivity contribution in [1.29, 1.82) is 0 Å². The minimum Gasteiger partial charge on any atom is -0.448 e. The Labute approximate surface area is 128 Å². The summed E-state index contributed by atoms with van der Waals surface area (Å²) in [6.45, 7) is 0.464. The Morgan fingerprint density at radius 2 is 2.05 bits per heavy atom. The number of esters is 1. The maximum atomic E-state index is 12.1. The summed E-state index contributed by atoms with van der Waals surface area (Å²) < 4.78 is 5.21. The molecule has 0 bridgehead atoms. The second kappa shape index (κ2) is 6.39. The number of carbonyl (C=O) groups is 2. The van der Waals surface area contributed by atoms with Crippen LogP contribution in [0.1, 0.15) is 21.6 Å². The summed E-state index contributed by atoms with van der Waals surface area (Å²) >= 11 is 0. The van der Waals surface area contributed by atoms with Crippen LogP contribution in [-0.2, 0) is 22.4 Å². The van der Waals surface area contributed by atoms with Crippen molar-refractivity contribution in [2.75, 3.05) is 6.54 Å². The van der Waals surface area contributed by atoms with Crippen LogP contribution in [0.3, 0.4) is 0 Å². The first-order valence-electron chi connectivity index (χ1n) is 7.20. The van der Waals surface area contributed by atoms with E-state index < -0.39 is 12.1 Å². The highest BCUT2D eigenvalue weighted by molar-refractivity contribution is 5.95. The average molecular weight is 296 g/mol. The second-order valence-corrected chi connectivity index (χ2v) is 5.12. The quantitative estimate of drug-likeness (QED) is 0.869. The van der Waals surface area contributed by atoms with Gasteiger partial charge in [0.1, 0.15) is 0 Å². The molecule has 0 aliphatic carbocycles. The Kier molecular flexibility index (Phi) is 4.14. The number of fused-ring (bicyclic) bond motifs is 1. The fourth-order valence-corrected chi connectivity index (χ4v) is 2.45. The van der Waals surface area contributed by atoms with Crippen molar-refractivity contribution < 1.29 is 14.3 Å². The number of nitrogens with one attached hydrogen (secondary N) is 1. The predicted octanol–water partition coefficient (Wildman–Crippen LogP) is 1.52. The van der Waals surface area contributed by atoms with Gasteiger partial charge in [0.2, 0.25) is 0 Å². The van der Waals surface area contributed by atoms with Gasteiger partial charge >= 0.3 is 5.97 Å². The summed E-state index contributed by atoms with van der Waals surface area (Å²) in [5.74, 6) is -0.703. The van der Waals surface area contributed by atoms with Gasteiger partial charge in [0.25, 0.3) is 5.91 Å². The largest absolute Gasteiger partial charge is 0.448 e. The fourth-order valence-electron chi connectivity index (χ4n) is 2.45. The Bertz CT molecular complexity index is 685. The average Bonchev–Trinajstić information content (AvgIpc) is 2.56. The SMILES string of the molecule is O=C1OC(C(=O)NCCc2ccccn2)Cc2ccccc21. The van der Waals surface area contributed by atoms with Gasteiger partial charge in [0.05, 0.1) is 5.56 Å². The molecular weight excluding hydrogens is 280 g/mol. The molecule has 1 atom stereocenters. The van der Waals surface area contributed by atoms with Crippen molar-refractivity contribution in [3.8, 4) is 0 Å². The number of rotatable bonds is 4. The first kappa shape index (κ1) is 14.3. The highest BCUT2D eigenvalue weighted by Crippen LogP contribution is 2.20. The summed E-state index contributed by atoms with van der Waals surface area (Å²) in [6, 6.07) is 12.9. The van der Waals surface area contributed by atoms with Crippen molar-refractivity contribution in [3.05, 3.63) is 65.5 Å². The Hall–Kier alpha value is -2.69. The van der Waals surface area contributed by atoms with Crippen LogP contribution in [0.4, 0.5) is 0 Å². The lowest BCUT2D eigenvalue weighted by atomic mass is 9.98. The predicted molar refractivity (Wildman–Crippen MR) is 80.3 cm³/mol. The van der Waals surface area contributed by atoms with E-state index >= 15 is 0 Å². The summed E-state index contributed by atoms with van der Waals surface area (Å²) in [6.07, 6.45) is 2.02. The van der Waals surface area contributed by atoms with E-state index in [2.05, 4.69) is 10.3 Å². The van der Waals surface area contributed by atoms with Gasteiger partial charge in [-0.05, 0) is 23.8 Å². The maximum Gasteiger partial charge on any atom is 0.339 e. The van der Waals surface area contributed by atoms with Crippen molar-refractivity contribution in [2.45, 2.75) is 18.9 Å². The van der Waals surface area contributed by atoms with Crippen LogP contribution in [0.2, 0.25) is 0 Å². The molecule has 1 aromatic heterocycles. The number of hydrogen-bond acceptors (Lipinski definition) is 4. The van der Waals surface area contributed by atoms with Gasteiger partial charge in [0.15, 0.2) is 6.10 Å². The second-order valence-electron chi connectivity index (χ2n) is 5.12. The lowest BCUT2D eigenvalue weighted by molar-refractivity contribution is -0.130. The molecule has 1 amide bonds. The fraction of sp³-hybridized carbons (Fsp3) is 0.235. The van der Waals surface area contributed by atoms with Gasteiger partial charge < -0.3 is 10.1 Å². The third kappa shape index (κ3) is 3.14. The molecule has 0 saturated heterocycles. The van der Waals surface area contributed by atoms with Crippen LogP contribution in [0.25, 0.3) is 0 Å². The number of pyridine rings is 1. The Morgan fingerprint density at radius 1 is 1.23 bits per heavy atom. The molecule has 2 aromatic rings. The normalized spacial score (nSPS) is 16.5. The van der Waals surface area contributed by atoms with Gasteiger partial charge in [-0.3, -0.25) is 9.78 Å². The monoisotopic (exact) mass is 296 g/mol. The van der Waals surface area contributed by atoms with E-state index in [1.54, 1.807) is 18.3 Å². The number of benzene rings is 1. The smallest absolute Gasteiger partial charge is 0.339 e. The van der Waals surface area contributed by atoms with Crippen LogP contribution >= 0.6 is 0 Å². The van der Waals surface area contributed by atoms with Gasteiger partial charge in [0, 0.05) is 31.3 Å². The number of carbonyl (C=O) groups excluding carboxylic acids is 2. The zero-order valence-electron chi connectivity index (χ0n) is 12.0. The summed E-state index contributed by atoms with van der Waals surface area (Å²) in [7, 11) is 0. The number of nitrogens with zero attached hydrogens (tertiary/aromatic N) is 1. The van der Waals surface area contributed by atoms with Crippen LogP contribution in [0, 0.1) is 0 Å². The van der Waals surface area contributed by atoms with E-state index in [4.69, 9.17) is 4.74 Å². The molecule has 5 heteroatoms. The number of cyclic esters (lactones) is 1. The van der Waals surface area contributed by atoms with E-state index in [0.717, 1.165) is 11.3 Å². The minimum absolute atomic E-state index is 0.265. The molecule has 1 aliphatic heterocycles. The number of ether oxygens (including phenoxy) is 1. The zero-order chi connectivity index (χ0) is 15.4. The molecule has 5 nitrogen and oxygen atoms in total. The molecule has 0 fully saturated rings. The molecule has 1 aliphatic rings. The van der Waals surface area contributed by atoms with Crippen LogP contribution in [-0.4, -0.2) is 29.5 Å². The Balaban J connectivity index is 1.56. The molecule has 0 spiro atoms. The third-order valence-electron chi connectivity index (χ3n) is 3.59. The van der Waals surface area contributed by atoms with E-state index in [-0.39, 0.29) is 5.91 Å². The summed E-state index contributed by atoms with van der Waals surface area (Å²) in [5.41, 5.74) is 2.30. The number of amides is 1. The molecule has 2 heterocycles. The number of aromatic nitrogens is 1. The molecule has 1 aromatic carbocycles. The van der Waals surface area contributed by atoms with Crippen molar-refractivity contribution in [2.24, 2.45) is 0 Å². The first-order valence-corrected chi connectivity index (χ1v) is 7.20. The van der Waals surface area contributed by atoms with Gasteiger partial charge in [-0.15, -0.1) is 0 Å². The molecular formula is C17H16N2O3. The Morgan fingerprint density at radius 3 is 2.86 bits per heavy atom. The lowest BCUT2D eigenvalue weighted by Gasteiger charge is -2.23. The van der Waals surface area contributed by atoms with Gasteiger partial charge in [-0.25, -0.2) is 4.79 Å². The summed E-state index contributed by atoms with van der Waals surface area (Å²) in [4.78, 5) is 28.2. The van der Waals surface area contributed by atoms with Crippen molar-refractivity contribution in [3.63, 3.8) is 0 Å². The van der Waals surface area contributed by atoms with Gasteiger partial charge in [-0.1, -0.05) is 24.3 Å². The topological polar surface area (TPSA) is 68.3 Å². The summed E-state index contributed by atoms with van der Waals surface area (Å²) in [5, 5.41) is 2.80. The maximum absolute atomic E-state index is 12.1.